The van der Waals surface area contributed by atoms with Gasteiger partial charge >= 0.3 is 0 Å². The van der Waals surface area contributed by atoms with Crippen molar-refractivity contribution in [1.29, 1.82) is 0 Å². The highest BCUT2D eigenvalue weighted by Crippen LogP contribution is 2.06. The van der Waals surface area contributed by atoms with E-state index < -0.39 is 6.10 Å². The normalized spacial score (nSPS) is 13.1. The van der Waals surface area contributed by atoms with Gasteiger partial charge in [-0.2, -0.15) is 0 Å². The fourth-order valence-corrected chi connectivity index (χ4v) is 1.47. The number of rotatable bonds is 4. The minimum atomic E-state index is -0.589. The molecule has 3 nitrogen and oxygen atoms in total. The summed E-state index contributed by atoms with van der Waals surface area (Å²) in [7, 11) is 0. The fraction of sp³-hybridized carbons (Fsp3) is 0.154. The Kier molecular flexibility index (Phi) is 3.67. The van der Waals surface area contributed by atoms with E-state index in [2.05, 4.69) is 4.98 Å². The van der Waals surface area contributed by atoms with Crippen LogP contribution < -0.4 is 0 Å². The number of imidazole rings is 1. The highest BCUT2D eigenvalue weighted by Gasteiger charge is 1.99. The third kappa shape index (κ3) is 3.53. The quantitative estimate of drug-likeness (QED) is 0.876. The van der Waals surface area contributed by atoms with Crippen LogP contribution in [-0.4, -0.2) is 20.8 Å². The molecule has 0 aliphatic carbocycles. The van der Waals surface area contributed by atoms with Crippen molar-refractivity contribution in [3.05, 3.63) is 60.4 Å². The molecule has 2 aromatic rings. The minimum Gasteiger partial charge on any atom is -0.387 e. The Morgan fingerprint density at radius 1 is 1.35 bits per heavy atom. The molecule has 0 bridgehead atoms. The molecule has 88 valence electrons. The lowest BCUT2D eigenvalue weighted by molar-refractivity contribution is 0.202. The van der Waals surface area contributed by atoms with Crippen molar-refractivity contribution < 1.29 is 9.50 Å². The zero-order chi connectivity index (χ0) is 12.1. The Morgan fingerprint density at radius 3 is 2.76 bits per heavy atom. The van der Waals surface area contributed by atoms with E-state index >= 15 is 0 Å². The van der Waals surface area contributed by atoms with Crippen molar-refractivity contribution >= 4 is 6.08 Å². The molecule has 0 aliphatic rings. The average Bonchev–Trinajstić information content (AvgIpc) is 2.81. The van der Waals surface area contributed by atoms with Gasteiger partial charge in [-0.05, 0) is 17.7 Å². The maximum absolute atomic E-state index is 12.7. The summed E-state index contributed by atoms with van der Waals surface area (Å²) in [6.45, 7) is 0.456. The second-order valence-electron chi connectivity index (χ2n) is 3.74. The molecule has 0 radical (unpaired) electrons. The lowest BCUT2D eigenvalue weighted by atomic mass is 10.2. The highest BCUT2D eigenvalue weighted by molar-refractivity contribution is 5.49. The van der Waals surface area contributed by atoms with Crippen LogP contribution in [0.25, 0.3) is 6.08 Å². The Hall–Kier alpha value is -1.94. The van der Waals surface area contributed by atoms with Gasteiger partial charge in [0.2, 0.25) is 0 Å². The summed E-state index contributed by atoms with van der Waals surface area (Å²) in [5, 5.41) is 9.73. The van der Waals surface area contributed by atoms with Crippen molar-refractivity contribution in [2.75, 3.05) is 0 Å². The van der Waals surface area contributed by atoms with Gasteiger partial charge in [0, 0.05) is 12.4 Å². The van der Waals surface area contributed by atoms with E-state index in [4.69, 9.17) is 0 Å². The molecule has 1 aromatic heterocycles. The summed E-state index contributed by atoms with van der Waals surface area (Å²) < 4.78 is 14.4. The molecule has 0 amide bonds. The fourth-order valence-electron chi connectivity index (χ4n) is 1.47. The van der Waals surface area contributed by atoms with Crippen LogP contribution in [0, 0.1) is 5.82 Å². The Labute approximate surface area is 98.9 Å². The summed E-state index contributed by atoms with van der Waals surface area (Å²) >= 11 is 0. The van der Waals surface area contributed by atoms with Crippen molar-refractivity contribution in [3.63, 3.8) is 0 Å². The number of nitrogens with zero attached hydrogens (tertiary/aromatic N) is 2. The molecule has 1 heterocycles. The van der Waals surface area contributed by atoms with Gasteiger partial charge in [0.15, 0.2) is 0 Å². The Morgan fingerprint density at radius 2 is 2.12 bits per heavy atom. The molecule has 4 heteroatoms. The molecule has 0 aliphatic heterocycles. The number of halogens is 1. The molecule has 1 unspecified atom stereocenters. The first-order chi connectivity index (χ1) is 8.24. The van der Waals surface area contributed by atoms with Gasteiger partial charge in [0.25, 0.3) is 0 Å². The number of hydrogen-bond donors (Lipinski definition) is 1. The smallest absolute Gasteiger partial charge is 0.123 e. The van der Waals surface area contributed by atoms with Crippen molar-refractivity contribution in [1.82, 2.24) is 9.55 Å². The first-order valence-electron chi connectivity index (χ1n) is 5.31. The lowest BCUT2D eigenvalue weighted by Crippen LogP contribution is -2.11. The number of aliphatic hydroxyl groups is 1. The van der Waals surface area contributed by atoms with Gasteiger partial charge < -0.3 is 9.67 Å². The third-order valence-electron chi connectivity index (χ3n) is 2.34. The molecule has 1 atom stereocenters. The molecule has 17 heavy (non-hydrogen) atoms. The van der Waals surface area contributed by atoms with Crippen molar-refractivity contribution in [2.45, 2.75) is 12.6 Å². The highest BCUT2D eigenvalue weighted by atomic mass is 19.1. The van der Waals surface area contributed by atoms with Gasteiger partial charge in [-0.25, -0.2) is 9.37 Å². The van der Waals surface area contributed by atoms with E-state index in [1.807, 2.05) is 0 Å². The number of hydrogen-bond acceptors (Lipinski definition) is 2. The van der Waals surface area contributed by atoms with E-state index in [-0.39, 0.29) is 5.82 Å². The predicted octanol–water partition coefficient (Wildman–Crippen LogP) is 2.10. The summed E-state index contributed by atoms with van der Waals surface area (Å²) in [6.07, 6.45) is 7.95. The molecule has 0 fully saturated rings. The average molecular weight is 232 g/mol. The third-order valence-corrected chi connectivity index (χ3v) is 2.34. The maximum Gasteiger partial charge on any atom is 0.123 e. The summed E-state index contributed by atoms with van der Waals surface area (Å²) in [5.41, 5.74) is 0.857. The monoisotopic (exact) mass is 232 g/mol. The van der Waals surface area contributed by atoms with Crippen LogP contribution in [0.15, 0.2) is 49.1 Å². The van der Waals surface area contributed by atoms with Crippen LogP contribution in [0.3, 0.4) is 0 Å². The van der Waals surface area contributed by atoms with E-state index in [0.717, 1.165) is 5.56 Å². The van der Waals surface area contributed by atoms with E-state index in [0.29, 0.717) is 6.54 Å². The van der Waals surface area contributed by atoms with Gasteiger partial charge in [0.1, 0.15) is 5.82 Å². The minimum absolute atomic E-state index is 0.263. The zero-order valence-corrected chi connectivity index (χ0v) is 9.20. The summed E-state index contributed by atoms with van der Waals surface area (Å²) in [5.74, 6) is -0.263. The molecule has 1 aromatic carbocycles. The second-order valence-corrected chi connectivity index (χ2v) is 3.74. The maximum atomic E-state index is 12.7. The molecule has 1 N–H and O–H groups in total. The predicted molar refractivity (Wildman–Crippen MR) is 63.7 cm³/mol. The molecular weight excluding hydrogens is 219 g/mol. The van der Waals surface area contributed by atoms with E-state index in [9.17, 15) is 9.50 Å². The van der Waals surface area contributed by atoms with Crippen LogP contribution in [0.5, 0.6) is 0 Å². The first-order valence-corrected chi connectivity index (χ1v) is 5.31. The van der Waals surface area contributed by atoms with Crippen LogP contribution in [0.1, 0.15) is 5.56 Å². The molecule has 0 saturated heterocycles. The molecular formula is C13H13FN2O. The lowest BCUT2D eigenvalue weighted by Gasteiger charge is -2.05. The van der Waals surface area contributed by atoms with Crippen LogP contribution >= 0.6 is 0 Å². The van der Waals surface area contributed by atoms with Gasteiger partial charge in [0.05, 0.1) is 19.0 Å². The number of benzene rings is 1. The van der Waals surface area contributed by atoms with E-state index in [1.54, 1.807) is 47.6 Å². The Bertz CT molecular complexity index is 477. The van der Waals surface area contributed by atoms with Crippen LogP contribution in [-0.2, 0) is 6.54 Å². The standard InChI is InChI=1S/C13H13FN2O/c14-12-4-1-11(2-5-12)3-6-13(17)9-16-8-7-15-10-16/h1-8,10,13,17H,9H2/b6-3+. The topological polar surface area (TPSA) is 38.0 Å². The Balaban J connectivity index is 1.93. The molecule has 0 saturated carbocycles. The molecule has 0 spiro atoms. The van der Waals surface area contributed by atoms with Crippen molar-refractivity contribution in [3.8, 4) is 0 Å². The second kappa shape index (κ2) is 5.41. The van der Waals surface area contributed by atoms with Gasteiger partial charge in [-0.1, -0.05) is 24.3 Å². The summed E-state index contributed by atoms with van der Waals surface area (Å²) in [6, 6.07) is 6.11. The van der Waals surface area contributed by atoms with E-state index in [1.165, 1.54) is 12.1 Å². The summed E-state index contributed by atoms with van der Waals surface area (Å²) in [4.78, 5) is 3.89. The van der Waals surface area contributed by atoms with Gasteiger partial charge in [-0.15, -0.1) is 0 Å². The molecule has 2 rings (SSSR count). The van der Waals surface area contributed by atoms with Crippen LogP contribution in [0.4, 0.5) is 4.39 Å². The largest absolute Gasteiger partial charge is 0.387 e. The first kappa shape index (κ1) is 11.5. The zero-order valence-electron chi connectivity index (χ0n) is 9.20. The van der Waals surface area contributed by atoms with Gasteiger partial charge in [-0.3, -0.25) is 0 Å². The van der Waals surface area contributed by atoms with Crippen molar-refractivity contribution in [2.24, 2.45) is 0 Å². The SMILES string of the molecule is OC(/C=C/c1ccc(F)cc1)Cn1ccnc1. The van der Waals surface area contributed by atoms with Crippen LogP contribution in [0.2, 0.25) is 0 Å². The number of aromatic nitrogens is 2. The number of aliphatic hydroxyl groups excluding tert-OH is 1.